The van der Waals surface area contributed by atoms with Crippen molar-refractivity contribution in [2.45, 2.75) is 0 Å². The number of nitrogens with one attached hydrogen (secondary N) is 6. The second-order valence-electron chi connectivity index (χ2n) is 4.95. The summed E-state index contributed by atoms with van der Waals surface area (Å²) in [4.78, 5) is 35.0. The van der Waals surface area contributed by atoms with Crippen LogP contribution in [0.3, 0.4) is 0 Å². The Labute approximate surface area is 134 Å². The monoisotopic (exact) mass is 353 g/mol. The summed E-state index contributed by atoms with van der Waals surface area (Å²) in [5.41, 5.74) is 6.82. The number of carbonyl (C=O) groups excluding carboxylic acids is 3. The molecule has 0 heterocycles. The van der Waals surface area contributed by atoms with Gasteiger partial charge in [-0.2, -0.15) is 0 Å². The molecule has 0 aromatic carbocycles. The Morgan fingerprint density at radius 2 is 0.826 bits per heavy atom. The Morgan fingerprint density at radius 1 is 0.609 bits per heavy atom. The Kier molecular flexibility index (Phi) is 8.32. The van der Waals surface area contributed by atoms with E-state index in [1.807, 2.05) is 15.3 Å². The first-order valence-electron chi connectivity index (χ1n) is 6.32. The van der Waals surface area contributed by atoms with Crippen molar-refractivity contribution in [1.82, 2.24) is 46.6 Å². The van der Waals surface area contributed by atoms with E-state index in [0.29, 0.717) is 0 Å². The highest BCUT2D eigenvalue weighted by Gasteiger charge is 2.30. The zero-order chi connectivity index (χ0) is 18.2. The molecule has 0 aliphatic carbocycles. The first-order chi connectivity index (χ1) is 10.4. The largest absolute Gasteiger partial charge is 0.363 e. The van der Waals surface area contributed by atoms with Gasteiger partial charge >= 0.3 is 25.7 Å². The molecule has 23 heavy (non-hydrogen) atoms. The maximum absolute atomic E-state index is 12.6. The molecule has 0 aromatic heterocycles. The zero-order valence-electron chi connectivity index (χ0n) is 13.9. The van der Waals surface area contributed by atoms with Crippen LogP contribution in [0.2, 0.25) is 0 Å². The molecule has 134 valence electrons. The molecule has 0 bridgehead atoms. The summed E-state index contributed by atoms with van der Waals surface area (Å²) in [6.45, 7) is 0. The highest BCUT2D eigenvalue weighted by molar-refractivity contribution is 7.59. The molecule has 0 aromatic rings. The van der Waals surface area contributed by atoms with Crippen molar-refractivity contribution in [2.75, 3.05) is 42.3 Å². The Hall–Kier alpha value is -2.08. The second kappa shape index (κ2) is 9.15. The van der Waals surface area contributed by atoms with Gasteiger partial charge in [0, 0.05) is 42.3 Å². The lowest BCUT2D eigenvalue weighted by atomic mass is 11.0. The van der Waals surface area contributed by atoms with Crippen molar-refractivity contribution in [1.29, 1.82) is 0 Å². The molecule has 0 saturated heterocycles. The molecule has 0 radical (unpaired) electrons. The van der Waals surface area contributed by atoms with Crippen LogP contribution in [-0.2, 0) is 4.57 Å². The van der Waals surface area contributed by atoms with Crippen molar-refractivity contribution in [3.8, 4) is 0 Å². The Bertz CT molecular complexity index is 415. The lowest BCUT2D eigenvalue weighted by Crippen LogP contribution is -2.52. The molecule has 0 aliphatic heterocycles. The van der Waals surface area contributed by atoms with Crippen molar-refractivity contribution in [3.63, 3.8) is 0 Å². The van der Waals surface area contributed by atoms with Crippen LogP contribution in [0.5, 0.6) is 0 Å². The third kappa shape index (κ3) is 10.3. The molecule has 14 heteroatoms. The molecule has 0 fully saturated rings. The lowest BCUT2D eigenvalue weighted by Gasteiger charge is -2.24. The molecule has 0 rings (SSSR count). The van der Waals surface area contributed by atoms with Gasteiger partial charge in [-0.15, -0.1) is 0 Å². The van der Waals surface area contributed by atoms with Gasteiger partial charge in [-0.1, -0.05) is 0 Å². The molecular weight excluding hydrogens is 329 g/mol. The Balaban J connectivity index is 5.03. The molecule has 0 atom stereocenters. The van der Waals surface area contributed by atoms with E-state index in [-0.39, 0.29) is 0 Å². The molecular formula is C9H24N9O4P. The zero-order valence-corrected chi connectivity index (χ0v) is 14.8. The van der Waals surface area contributed by atoms with Gasteiger partial charge in [0.25, 0.3) is 0 Å². The average molecular weight is 353 g/mol. The highest BCUT2D eigenvalue weighted by atomic mass is 31.2. The molecule has 6 N–H and O–H groups in total. The van der Waals surface area contributed by atoms with E-state index in [4.69, 9.17) is 0 Å². The van der Waals surface area contributed by atoms with Crippen LogP contribution in [0.15, 0.2) is 0 Å². The van der Waals surface area contributed by atoms with E-state index in [9.17, 15) is 18.9 Å². The van der Waals surface area contributed by atoms with Crippen molar-refractivity contribution >= 4 is 25.7 Å². The van der Waals surface area contributed by atoms with Gasteiger partial charge in [0.15, 0.2) is 0 Å². The summed E-state index contributed by atoms with van der Waals surface area (Å²) in [7, 11) is 5.06. The van der Waals surface area contributed by atoms with Gasteiger partial charge in [0.2, 0.25) is 0 Å². The molecule has 0 aliphatic rings. The molecule has 13 nitrogen and oxygen atoms in total. The maximum Gasteiger partial charge on any atom is 0.363 e. The van der Waals surface area contributed by atoms with Crippen LogP contribution in [0.25, 0.3) is 0 Å². The maximum atomic E-state index is 12.6. The van der Waals surface area contributed by atoms with Gasteiger partial charge in [0.05, 0.1) is 0 Å². The smallest absolute Gasteiger partial charge is 0.271 e. The number of urea groups is 3. The summed E-state index contributed by atoms with van der Waals surface area (Å²) in [6.07, 6.45) is 0. The van der Waals surface area contributed by atoms with Gasteiger partial charge < -0.3 is 0 Å². The van der Waals surface area contributed by atoms with Crippen LogP contribution in [-0.4, -0.2) is 75.4 Å². The molecule has 0 spiro atoms. The summed E-state index contributed by atoms with van der Waals surface area (Å²) in [6, 6.07) is -2.64. The number of amides is 6. The highest BCUT2D eigenvalue weighted by Crippen LogP contribution is 2.29. The Morgan fingerprint density at radius 3 is 1.00 bits per heavy atom. The molecule has 6 amide bonds. The molecule has 0 unspecified atom stereocenters. The van der Waals surface area contributed by atoms with E-state index >= 15 is 0 Å². The van der Waals surface area contributed by atoms with Gasteiger partial charge in [-0.3, -0.25) is 31.5 Å². The summed E-state index contributed by atoms with van der Waals surface area (Å²) in [5.74, 6) is 0. The third-order valence-electron chi connectivity index (χ3n) is 1.75. The summed E-state index contributed by atoms with van der Waals surface area (Å²) >= 11 is 0. The number of hydrazine groups is 3. The average Bonchev–Trinajstić information content (AvgIpc) is 2.22. The standard InChI is InChI=1S/C9H24N9O4P/c1-16(2)10-7(19)13-23(22,14-8(20)11-17(3)4)15-9(21)12-18(5)6/h1-6H3,(H6,10,11,12,13,14,15,19,20,21,22). The second-order valence-corrected chi connectivity index (χ2v) is 6.84. The van der Waals surface area contributed by atoms with Crippen molar-refractivity contribution in [2.24, 2.45) is 0 Å². The van der Waals surface area contributed by atoms with Crippen LogP contribution in [0.4, 0.5) is 14.4 Å². The van der Waals surface area contributed by atoms with Gasteiger partial charge in [-0.25, -0.2) is 34.0 Å². The quantitative estimate of drug-likeness (QED) is 0.249. The SMILES string of the molecule is CN(C)NC(=O)NP(=O)(NC(=O)NN(C)C)NC(=O)NN(C)C. The first kappa shape index (κ1) is 20.9. The van der Waals surface area contributed by atoms with Gasteiger partial charge in [0.1, 0.15) is 0 Å². The van der Waals surface area contributed by atoms with Gasteiger partial charge in [-0.05, 0) is 0 Å². The van der Waals surface area contributed by atoms with Crippen molar-refractivity contribution < 1.29 is 18.9 Å². The van der Waals surface area contributed by atoms with E-state index in [2.05, 4.69) is 16.3 Å². The van der Waals surface area contributed by atoms with E-state index in [1.165, 1.54) is 57.3 Å². The number of carbonyl (C=O) groups is 3. The number of hydrogen-bond donors (Lipinski definition) is 6. The topological polar surface area (TPSA) is 150 Å². The fourth-order valence-corrected chi connectivity index (χ4v) is 2.37. The lowest BCUT2D eigenvalue weighted by molar-refractivity contribution is 0.214. The predicted molar refractivity (Wildman–Crippen MR) is 83.7 cm³/mol. The number of hydrogen-bond acceptors (Lipinski definition) is 7. The van der Waals surface area contributed by atoms with Crippen LogP contribution < -0.4 is 31.5 Å². The normalized spacial score (nSPS) is 11.2. The summed E-state index contributed by atoms with van der Waals surface area (Å²) < 4.78 is 12.6. The minimum atomic E-state index is -4.12. The first-order valence-corrected chi connectivity index (χ1v) is 8.03. The molecule has 0 saturated carbocycles. The van der Waals surface area contributed by atoms with E-state index in [0.717, 1.165) is 0 Å². The minimum Gasteiger partial charge on any atom is -0.271 e. The van der Waals surface area contributed by atoms with Crippen LogP contribution in [0, 0.1) is 0 Å². The number of rotatable bonds is 6. The summed E-state index contributed by atoms with van der Waals surface area (Å²) in [5, 5.41) is 9.92. The number of nitrogens with zero attached hydrogens (tertiary/aromatic N) is 3. The van der Waals surface area contributed by atoms with E-state index < -0.39 is 25.7 Å². The fraction of sp³-hybridized carbons (Fsp3) is 0.667. The van der Waals surface area contributed by atoms with Crippen LogP contribution in [0.1, 0.15) is 0 Å². The fourth-order valence-electron chi connectivity index (χ4n) is 1.20. The van der Waals surface area contributed by atoms with Crippen LogP contribution >= 0.6 is 7.59 Å². The van der Waals surface area contributed by atoms with Crippen molar-refractivity contribution in [3.05, 3.63) is 0 Å². The third-order valence-corrected chi connectivity index (χ3v) is 3.31. The van der Waals surface area contributed by atoms with E-state index in [1.54, 1.807) is 0 Å². The minimum absolute atomic E-state index is 0.881. The predicted octanol–water partition coefficient (Wildman–Crippen LogP) is -1.58.